The zero-order chi connectivity index (χ0) is 23.4. The van der Waals surface area contributed by atoms with Crippen LogP contribution in [0.3, 0.4) is 0 Å². The fourth-order valence-corrected chi connectivity index (χ4v) is 4.64. The van der Waals surface area contributed by atoms with Gasteiger partial charge in [-0.2, -0.15) is 0 Å². The maximum absolute atomic E-state index is 13.8. The summed E-state index contributed by atoms with van der Waals surface area (Å²) >= 11 is 1.05. The van der Waals surface area contributed by atoms with Gasteiger partial charge in [-0.3, -0.25) is 9.59 Å². The third kappa shape index (κ3) is 5.61. The molecule has 3 aromatic rings. The van der Waals surface area contributed by atoms with Gasteiger partial charge in [-0.1, -0.05) is 22.7 Å². The molecule has 1 heterocycles. The summed E-state index contributed by atoms with van der Waals surface area (Å²) in [6.45, 7) is 2.13. The minimum Gasteiger partial charge on any atom is -0.331 e. The molecule has 1 aromatic heterocycles. The van der Waals surface area contributed by atoms with Crippen LogP contribution >= 0.6 is 11.5 Å². The van der Waals surface area contributed by atoms with Crippen molar-refractivity contribution in [3.63, 3.8) is 0 Å². The molecule has 0 unspecified atom stereocenters. The summed E-state index contributed by atoms with van der Waals surface area (Å²) in [5.41, 5.74) is 8.55. The smallest absolute Gasteiger partial charge is 0.269 e. The third-order valence-corrected chi connectivity index (χ3v) is 6.76. The van der Waals surface area contributed by atoms with Gasteiger partial charge in [0.15, 0.2) is 0 Å². The summed E-state index contributed by atoms with van der Waals surface area (Å²) in [4.78, 5) is 28.0. The molecule has 0 radical (unpaired) electrons. The molecule has 2 amide bonds. The van der Waals surface area contributed by atoms with Crippen molar-refractivity contribution >= 4 is 29.0 Å². The van der Waals surface area contributed by atoms with E-state index in [9.17, 15) is 14.0 Å². The number of carbonyl (C=O) groups excluding carboxylic acids is 2. The number of aromatic nitrogens is 2. The van der Waals surface area contributed by atoms with Gasteiger partial charge in [-0.15, -0.1) is 5.10 Å². The minimum atomic E-state index is -0.432. The zero-order valence-electron chi connectivity index (χ0n) is 18.3. The van der Waals surface area contributed by atoms with Gasteiger partial charge in [0.2, 0.25) is 0 Å². The second-order valence-corrected chi connectivity index (χ2v) is 9.10. The first-order chi connectivity index (χ1) is 15.9. The third-order valence-electron chi connectivity index (χ3n) is 5.94. The van der Waals surface area contributed by atoms with Crippen LogP contribution in [0.25, 0.3) is 0 Å². The Balaban J connectivity index is 1.50. The van der Waals surface area contributed by atoms with Crippen LogP contribution in [0, 0.1) is 12.7 Å². The number of aryl methyl sites for hydroxylation is 1. The summed E-state index contributed by atoms with van der Waals surface area (Å²) in [6.07, 6.45) is 3.35. The molecule has 7 nitrogen and oxygen atoms in total. The highest BCUT2D eigenvalue weighted by molar-refractivity contribution is 7.08. The second kappa shape index (κ2) is 10.2. The first-order valence-electron chi connectivity index (χ1n) is 10.9. The highest BCUT2D eigenvalue weighted by atomic mass is 32.1. The summed E-state index contributed by atoms with van der Waals surface area (Å²) in [5, 5.41) is 6.71. The van der Waals surface area contributed by atoms with Gasteiger partial charge in [0, 0.05) is 29.9 Å². The van der Waals surface area contributed by atoms with Gasteiger partial charge in [0.05, 0.1) is 5.69 Å². The summed E-state index contributed by atoms with van der Waals surface area (Å²) in [5.74, 6) is -0.879. The van der Waals surface area contributed by atoms with Crippen molar-refractivity contribution < 1.29 is 14.0 Å². The average molecular weight is 468 g/mol. The average Bonchev–Trinajstić information content (AvgIpc) is 3.25. The Labute approximate surface area is 196 Å². The van der Waals surface area contributed by atoms with Gasteiger partial charge in [0.1, 0.15) is 10.7 Å². The SMILES string of the molecule is Cc1nnsc1C(=O)Nc1ccc(CN(C(=O)c2cccc(F)c2)C2CCC(N)CC2)cc1. The number of halogens is 1. The van der Waals surface area contributed by atoms with E-state index >= 15 is 0 Å². The van der Waals surface area contributed by atoms with E-state index < -0.39 is 5.82 Å². The standard InChI is InChI=1S/C24H26FN5O2S/c1-15-22(33-29-28-15)23(31)27-20-9-5-16(6-10-20)14-30(21-11-7-19(26)8-12-21)24(32)17-3-2-4-18(25)13-17/h2-6,9-10,13,19,21H,7-8,11-12,14,26H2,1H3,(H,27,31). The van der Waals surface area contributed by atoms with Crippen LogP contribution in [0.2, 0.25) is 0 Å². The van der Waals surface area contributed by atoms with E-state index in [-0.39, 0.29) is 23.9 Å². The van der Waals surface area contributed by atoms with Gasteiger partial charge in [-0.25, -0.2) is 4.39 Å². The van der Waals surface area contributed by atoms with E-state index in [1.54, 1.807) is 31.2 Å². The topological polar surface area (TPSA) is 101 Å². The number of hydrogen-bond acceptors (Lipinski definition) is 6. The molecular weight excluding hydrogens is 441 g/mol. The molecule has 0 atom stereocenters. The predicted octanol–water partition coefficient (Wildman–Crippen LogP) is 4.15. The number of benzene rings is 2. The largest absolute Gasteiger partial charge is 0.331 e. The number of anilines is 1. The molecule has 172 valence electrons. The summed E-state index contributed by atoms with van der Waals surface area (Å²) < 4.78 is 17.5. The van der Waals surface area contributed by atoms with E-state index in [0.29, 0.717) is 28.4 Å². The Morgan fingerprint density at radius 1 is 1.15 bits per heavy atom. The first-order valence-corrected chi connectivity index (χ1v) is 11.7. The number of nitrogens with two attached hydrogens (primary N) is 1. The molecule has 2 aromatic carbocycles. The Kier molecular flexibility index (Phi) is 7.10. The molecule has 3 N–H and O–H groups in total. The highest BCUT2D eigenvalue weighted by Crippen LogP contribution is 2.26. The molecule has 0 spiro atoms. The molecule has 4 rings (SSSR count). The minimum absolute atomic E-state index is 0.0433. The Hall–Kier alpha value is -3.17. The number of amides is 2. The van der Waals surface area contributed by atoms with Crippen LogP contribution < -0.4 is 11.1 Å². The number of rotatable bonds is 6. The van der Waals surface area contributed by atoms with Crippen LogP contribution in [0.15, 0.2) is 48.5 Å². The van der Waals surface area contributed by atoms with Crippen molar-refractivity contribution in [2.45, 2.75) is 51.2 Å². The molecule has 0 aliphatic heterocycles. The number of carbonyl (C=O) groups is 2. The number of nitrogens with zero attached hydrogens (tertiary/aromatic N) is 3. The van der Waals surface area contributed by atoms with E-state index in [0.717, 1.165) is 42.8 Å². The van der Waals surface area contributed by atoms with Crippen molar-refractivity contribution in [3.05, 3.63) is 76.0 Å². The Bertz CT molecular complexity index is 1130. The van der Waals surface area contributed by atoms with Gasteiger partial charge < -0.3 is 16.0 Å². The fourth-order valence-electron chi connectivity index (χ4n) is 4.09. The number of nitrogens with one attached hydrogen (secondary N) is 1. The van der Waals surface area contributed by atoms with E-state index in [2.05, 4.69) is 14.9 Å². The summed E-state index contributed by atoms with van der Waals surface area (Å²) in [6, 6.07) is 13.4. The molecule has 1 fully saturated rings. The van der Waals surface area contributed by atoms with Crippen LogP contribution in [-0.2, 0) is 6.54 Å². The fraction of sp³-hybridized carbons (Fsp3) is 0.333. The second-order valence-electron chi connectivity index (χ2n) is 8.35. The van der Waals surface area contributed by atoms with Crippen molar-refractivity contribution in [1.29, 1.82) is 0 Å². The molecular formula is C24H26FN5O2S. The monoisotopic (exact) mass is 467 g/mol. The van der Waals surface area contributed by atoms with Crippen LogP contribution in [-0.4, -0.2) is 38.4 Å². The molecule has 1 aliphatic carbocycles. The predicted molar refractivity (Wildman–Crippen MR) is 126 cm³/mol. The molecule has 0 saturated heterocycles. The van der Waals surface area contributed by atoms with Crippen LogP contribution in [0.4, 0.5) is 10.1 Å². The quantitative estimate of drug-likeness (QED) is 0.567. The molecule has 0 bridgehead atoms. The number of hydrogen-bond donors (Lipinski definition) is 2. The molecule has 33 heavy (non-hydrogen) atoms. The van der Waals surface area contributed by atoms with Crippen molar-refractivity contribution in [3.8, 4) is 0 Å². The molecule has 1 aliphatic rings. The lowest BCUT2D eigenvalue weighted by molar-refractivity contribution is 0.0606. The normalized spacial score (nSPS) is 18.0. The lowest BCUT2D eigenvalue weighted by Gasteiger charge is -2.36. The Morgan fingerprint density at radius 2 is 1.88 bits per heavy atom. The van der Waals surface area contributed by atoms with Crippen molar-refractivity contribution in [1.82, 2.24) is 14.5 Å². The van der Waals surface area contributed by atoms with Crippen molar-refractivity contribution in [2.75, 3.05) is 5.32 Å². The maximum atomic E-state index is 13.8. The molecule has 1 saturated carbocycles. The van der Waals surface area contributed by atoms with Gasteiger partial charge in [-0.05, 0) is 80.0 Å². The van der Waals surface area contributed by atoms with Crippen molar-refractivity contribution in [2.24, 2.45) is 5.73 Å². The van der Waals surface area contributed by atoms with Gasteiger partial charge >= 0.3 is 0 Å². The Morgan fingerprint density at radius 3 is 2.52 bits per heavy atom. The zero-order valence-corrected chi connectivity index (χ0v) is 19.1. The summed E-state index contributed by atoms with van der Waals surface area (Å²) in [7, 11) is 0. The van der Waals surface area contributed by atoms with Crippen LogP contribution in [0.5, 0.6) is 0 Å². The maximum Gasteiger partial charge on any atom is 0.269 e. The molecule has 9 heteroatoms. The van der Waals surface area contributed by atoms with E-state index in [4.69, 9.17) is 5.73 Å². The van der Waals surface area contributed by atoms with E-state index in [1.807, 2.05) is 17.0 Å². The lowest BCUT2D eigenvalue weighted by atomic mass is 9.90. The highest BCUT2D eigenvalue weighted by Gasteiger charge is 2.28. The lowest BCUT2D eigenvalue weighted by Crippen LogP contribution is -2.43. The first kappa shape index (κ1) is 23.0. The van der Waals surface area contributed by atoms with E-state index in [1.165, 1.54) is 12.1 Å². The van der Waals surface area contributed by atoms with Crippen LogP contribution in [0.1, 0.15) is 57.0 Å². The van der Waals surface area contributed by atoms with Gasteiger partial charge in [0.25, 0.3) is 11.8 Å².